The molecule has 0 aliphatic heterocycles. The van der Waals surface area contributed by atoms with Crippen molar-refractivity contribution >= 4 is 11.4 Å². The maximum absolute atomic E-state index is 2.70. The van der Waals surface area contributed by atoms with Gasteiger partial charge in [-0.05, 0) is 171 Å². The first-order valence-corrected chi connectivity index (χ1v) is 22.7. The summed E-state index contributed by atoms with van der Waals surface area (Å²) in [5.41, 5.74) is 21.6. The number of hydrogen-bond donors (Lipinski definition) is 0. The fraction of sp³-hybridized carbons (Fsp3) is 0.276. The molecule has 6 aliphatic carbocycles. The third kappa shape index (κ3) is 4.85. The van der Waals surface area contributed by atoms with Gasteiger partial charge in [0.15, 0.2) is 0 Å². The molecule has 2 spiro atoms. The lowest BCUT2D eigenvalue weighted by Gasteiger charge is -2.49. The van der Waals surface area contributed by atoms with E-state index in [-0.39, 0.29) is 10.8 Å². The van der Waals surface area contributed by atoms with Crippen LogP contribution in [0.5, 0.6) is 0 Å². The first kappa shape index (κ1) is 34.2. The molecule has 0 aromatic heterocycles. The van der Waals surface area contributed by atoms with Crippen molar-refractivity contribution in [2.75, 3.05) is 4.90 Å². The molecule has 7 aromatic carbocycles. The summed E-state index contributed by atoms with van der Waals surface area (Å²) in [6.07, 6.45) is 12.1. The van der Waals surface area contributed by atoms with Crippen LogP contribution in [0.3, 0.4) is 0 Å². The molecule has 7 aromatic rings. The minimum absolute atomic E-state index is 0.115. The Bertz CT molecular complexity index is 2760. The van der Waals surface area contributed by atoms with Gasteiger partial charge in [0.25, 0.3) is 0 Å². The average Bonchev–Trinajstić information content (AvgIpc) is 4.05. The Morgan fingerprint density at radius 2 is 1.02 bits per heavy atom. The van der Waals surface area contributed by atoms with Gasteiger partial charge in [-0.25, -0.2) is 0 Å². The van der Waals surface area contributed by atoms with E-state index in [9.17, 15) is 0 Å². The Morgan fingerprint density at radius 1 is 0.424 bits per heavy atom. The van der Waals surface area contributed by atoms with Crippen LogP contribution in [0.25, 0.3) is 44.5 Å². The second-order valence-electron chi connectivity index (χ2n) is 19.1. The summed E-state index contributed by atoms with van der Waals surface area (Å²) in [6, 6.07) is 63.3. The highest BCUT2D eigenvalue weighted by Gasteiger charge is 2.62. The molecule has 288 valence electrons. The molecule has 5 unspecified atom stereocenters. The fourth-order valence-electron chi connectivity index (χ4n) is 14.3. The van der Waals surface area contributed by atoms with Crippen LogP contribution in [0.15, 0.2) is 164 Å². The molecule has 0 radical (unpaired) electrons. The summed E-state index contributed by atoms with van der Waals surface area (Å²) in [6.45, 7) is 0.785. The van der Waals surface area contributed by atoms with E-state index in [1.54, 1.807) is 22.3 Å². The molecule has 6 aliphatic rings. The second-order valence-corrected chi connectivity index (χ2v) is 19.1. The molecule has 13 rings (SSSR count). The topological polar surface area (TPSA) is 3.24 Å². The highest BCUT2D eigenvalue weighted by molar-refractivity contribution is 5.87. The summed E-state index contributed by atoms with van der Waals surface area (Å²) in [5.74, 6) is 3.34. The van der Waals surface area contributed by atoms with Gasteiger partial charge in [0.1, 0.15) is 0 Å². The SMILES string of the molecule is c1ccc(-c2ccc(CN(c3ccc4c(c3)C3(CCCC3)c3ccccc3-4)c3ccc4c(c3)C3(c5ccccc5-4)C4CCC5CC3CC5C4)c(-c3ccccc3)c2)cc1. The maximum Gasteiger partial charge on any atom is 0.0487 e. The minimum atomic E-state index is 0.115. The van der Waals surface area contributed by atoms with Gasteiger partial charge in [-0.1, -0.05) is 146 Å². The Labute approximate surface area is 349 Å². The van der Waals surface area contributed by atoms with E-state index in [2.05, 4.69) is 169 Å². The predicted molar refractivity (Wildman–Crippen MR) is 244 cm³/mol. The van der Waals surface area contributed by atoms with Crippen molar-refractivity contribution in [1.82, 2.24) is 0 Å². The summed E-state index contributed by atoms with van der Waals surface area (Å²) < 4.78 is 0. The zero-order chi connectivity index (χ0) is 38.7. The van der Waals surface area contributed by atoms with E-state index < -0.39 is 0 Å². The number of hydrogen-bond acceptors (Lipinski definition) is 1. The number of benzene rings is 7. The normalized spacial score (nSPS) is 24.6. The van der Waals surface area contributed by atoms with Crippen molar-refractivity contribution in [3.8, 4) is 44.5 Å². The van der Waals surface area contributed by atoms with Gasteiger partial charge in [-0.15, -0.1) is 0 Å². The summed E-state index contributed by atoms with van der Waals surface area (Å²) in [7, 11) is 0. The first-order chi connectivity index (χ1) is 29.2. The van der Waals surface area contributed by atoms with E-state index >= 15 is 0 Å². The van der Waals surface area contributed by atoms with E-state index in [4.69, 9.17) is 0 Å². The van der Waals surface area contributed by atoms with Crippen LogP contribution >= 0.6 is 0 Å². The maximum atomic E-state index is 2.70. The quantitative estimate of drug-likeness (QED) is 0.163. The number of anilines is 2. The van der Waals surface area contributed by atoms with Crippen molar-refractivity contribution in [2.24, 2.45) is 23.7 Å². The molecule has 5 atom stereocenters. The molecule has 0 saturated heterocycles. The predicted octanol–water partition coefficient (Wildman–Crippen LogP) is 14.9. The van der Waals surface area contributed by atoms with Gasteiger partial charge in [0.05, 0.1) is 0 Å². The number of rotatable bonds is 6. The van der Waals surface area contributed by atoms with Crippen LogP contribution in [0.2, 0.25) is 0 Å². The van der Waals surface area contributed by atoms with Crippen LogP contribution in [-0.4, -0.2) is 0 Å². The van der Waals surface area contributed by atoms with Crippen molar-refractivity contribution in [3.63, 3.8) is 0 Å². The highest BCUT2D eigenvalue weighted by Crippen LogP contribution is 2.70. The van der Waals surface area contributed by atoms with Gasteiger partial charge in [0, 0.05) is 28.7 Å². The van der Waals surface area contributed by atoms with E-state index in [1.165, 1.54) is 119 Å². The van der Waals surface area contributed by atoms with Crippen molar-refractivity contribution in [3.05, 3.63) is 192 Å². The molecule has 59 heavy (non-hydrogen) atoms. The smallest absolute Gasteiger partial charge is 0.0487 e. The molecule has 1 heteroatoms. The van der Waals surface area contributed by atoms with E-state index in [0.29, 0.717) is 0 Å². The third-order valence-electron chi connectivity index (χ3n) is 16.7. The Hall–Kier alpha value is -5.66. The third-order valence-corrected chi connectivity index (χ3v) is 16.7. The van der Waals surface area contributed by atoms with Gasteiger partial charge in [0.2, 0.25) is 0 Å². The van der Waals surface area contributed by atoms with Gasteiger partial charge in [-0.2, -0.15) is 0 Å². The standard InChI is InChI=1S/C58H51N/c1-3-13-38(14-4-1)41-21-22-42(52(34-41)39-15-5-2-6-16-39)37-59(46-25-27-50-48-17-7-9-19-53(48)57(55(50)35-46)29-11-12-30-57)47-26-28-51-49-18-8-10-20-54(49)58(56(51)36-47)44-24-23-40-31-45(58)33-43(40)32-44/h1-10,13-22,25-28,34-36,40,43-45H,11-12,23-24,29-33,37H2. The van der Waals surface area contributed by atoms with E-state index in [0.717, 1.165) is 30.2 Å². The summed E-state index contributed by atoms with van der Waals surface area (Å²) in [5, 5.41) is 0. The molecular weight excluding hydrogens is 711 g/mol. The van der Waals surface area contributed by atoms with Crippen LogP contribution < -0.4 is 4.90 Å². The van der Waals surface area contributed by atoms with Crippen LogP contribution in [0.1, 0.15) is 85.6 Å². The van der Waals surface area contributed by atoms with Crippen molar-refractivity contribution in [1.29, 1.82) is 0 Å². The monoisotopic (exact) mass is 761 g/mol. The molecule has 0 heterocycles. The Kier molecular flexibility index (Phi) is 7.49. The van der Waals surface area contributed by atoms with Crippen molar-refractivity contribution in [2.45, 2.75) is 75.2 Å². The van der Waals surface area contributed by atoms with Crippen LogP contribution in [-0.2, 0) is 17.4 Å². The molecule has 0 amide bonds. The fourth-order valence-corrected chi connectivity index (χ4v) is 14.3. The molecule has 4 saturated carbocycles. The van der Waals surface area contributed by atoms with Crippen LogP contribution in [0, 0.1) is 23.7 Å². The summed E-state index contributed by atoms with van der Waals surface area (Å²) in [4.78, 5) is 2.70. The number of nitrogens with zero attached hydrogens (tertiary/aromatic N) is 1. The largest absolute Gasteiger partial charge is 0.337 e. The molecule has 0 N–H and O–H groups in total. The molecule has 3 bridgehead atoms. The van der Waals surface area contributed by atoms with Gasteiger partial charge >= 0.3 is 0 Å². The lowest BCUT2D eigenvalue weighted by Crippen LogP contribution is -2.45. The zero-order valence-corrected chi connectivity index (χ0v) is 33.9. The zero-order valence-electron chi connectivity index (χ0n) is 33.9. The number of fused-ring (bicyclic) bond motifs is 14. The van der Waals surface area contributed by atoms with Gasteiger partial charge < -0.3 is 4.90 Å². The Balaban J connectivity index is 1.01. The lowest BCUT2D eigenvalue weighted by molar-refractivity contribution is 0.106. The van der Waals surface area contributed by atoms with E-state index in [1.807, 2.05) is 0 Å². The molecule has 4 fully saturated rings. The first-order valence-electron chi connectivity index (χ1n) is 22.7. The Morgan fingerprint density at radius 3 is 1.78 bits per heavy atom. The lowest BCUT2D eigenvalue weighted by atomic mass is 9.54. The molecular formula is C58H51N. The minimum Gasteiger partial charge on any atom is -0.337 e. The average molecular weight is 762 g/mol. The van der Waals surface area contributed by atoms with Gasteiger partial charge in [-0.3, -0.25) is 0 Å². The van der Waals surface area contributed by atoms with Crippen LogP contribution in [0.4, 0.5) is 11.4 Å². The second kappa shape index (κ2) is 12.9. The molecule has 1 nitrogen and oxygen atoms in total. The highest BCUT2D eigenvalue weighted by atomic mass is 15.1. The van der Waals surface area contributed by atoms with Crippen molar-refractivity contribution < 1.29 is 0 Å². The summed E-state index contributed by atoms with van der Waals surface area (Å²) >= 11 is 0.